The van der Waals surface area contributed by atoms with Gasteiger partial charge in [0.25, 0.3) is 0 Å². The zero-order valence-corrected chi connectivity index (χ0v) is 5.44. The molecule has 9 heavy (non-hydrogen) atoms. The van der Waals surface area contributed by atoms with Crippen LogP contribution in [0.2, 0.25) is 0 Å². The average Bonchev–Trinajstić information content (AvgIpc) is 1.63. The maximum atomic E-state index is 9.86. The molecule has 0 saturated carbocycles. The summed E-state index contributed by atoms with van der Waals surface area (Å²) in [4.78, 5) is 9.86. The van der Waals surface area contributed by atoms with Gasteiger partial charge in [0.05, 0.1) is 13.2 Å². The number of nitro groups is 1. The minimum Gasteiger partial charge on any atom is -0.391 e. The normalized spacial score (nSPS) is 12.8. The first-order valence-electron chi connectivity index (χ1n) is 2.57. The summed E-state index contributed by atoms with van der Waals surface area (Å²) in [6.45, 7) is 1.56. The van der Waals surface area contributed by atoms with Gasteiger partial charge in [0.1, 0.15) is 6.54 Å². The van der Waals surface area contributed by atoms with Crippen LogP contribution >= 0.6 is 0 Å². The first-order chi connectivity index (χ1) is 4.04. The third-order valence-corrected chi connectivity index (χ3v) is 0.807. The maximum absolute atomic E-state index is 9.86. The fourth-order valence-electron chi connectivity index (χ4n) is 0.449. The quantitative estimate of drug-likeness (QED) is 0.417. The molecule has 0 aliphatic heterocycles. The van der Waals surface area contributed by atoms with Gasteiger partial charge in [0.15, 0.2) is 5.03 Å². The van der Waals surface area contributed by atoms with Gasteiger partial charge in [-0.15, -0.1) is 5.01 Å². The molecule has 0 spiro atoms. The van der Waals surface area contributed by atoms with E-state index in [0.29, 0.717) is 0 Å². The fourth-order valence-corrected chi connectivity index (χ4v) is 0.449. The fraction of sp³-hybridized carbons (Fsp3) is 1.00. The predicted molar refractivity (Wildman–Crippen MR) is 31.3 cm³/mol. The van der Waals surface area contributed by atoms with Gasteiger partial charge in [0, 0.05) is 0 Å². The van der Waals surface area contributed by atoms with Crippen LogP contribution in [0.4, 0.5) is 0 Å². The van der Waals surface area contributed by atoms with Crippen LogP contribution in [0.5, 0.6) is 0 Å². The molecule has 0 aliphatic rings. The molecular weight excluding hydrogens is 124 g/mol. The van der Waals surface area contributed by atoms with E-state index in [1.54, 1.807) is 0 Å². The molecule has 5 heteroatoms. The van der Waals surface area contributed by atoms with E-state index in [9.17, 15) is 10.1 Å². The minimum absolute atomic E-state index is 0.0625. The third-order valence-electron chi connectivity index (χ3n) is 0.807. The summed E-state index contributed by atoms with van der Waals surface area (Å²) in [6, 6.07) is 0. The Labute approximate surface area is 53.0 Å². The van der Waals surface area contributed by atoms with Crippen LogP contribution in [-0.2, 0) is 0 Å². The van der Waals surface area contributed by atoms with E-state index in [2.05, 4.69) is 0 Å². The monoisotopic (exact) mass is 134 g/mol. The molecule has 1 unspecified atom stereocenters. The molecule has 0 radical (unpaired) electrons. The van der Waals surface area contributed by atoms with E-state index in [-0.39, 0.29) is 6.54 Å². The molecule has 0 aromatic heterocycles. The Balaban J connectivity index is 3.50. The molecule has 0 saturated heterocycles. The van der Waals surface area contributed by atoms with Gasteiger partial charge in [-0.3, -0.25) is 0 Å². The Hall–Kier alpha value is -0.840. The average molecular weight is 134 g/mol. The smallest absolute Gasteiger partial charge is 0.159 e. The van der Waals surface area contributed by atoms with Crippen LogP contribution in [0, 0.1) is 10.1 Å². The summed E-state index contributed by atoms with van der Waals surface area (Å²) in [5.41, 5.74) is 0. The summed E-state index contributed by atoms with van der Waals surface area (Å²) in [5.74, 6) is 0. The largest absolute Gasteiger partial charge is 0.391 e. The van der Waals surface area contributed by atoms with E-state index >= 15 is 0 Å². The van der Waals surface area contributed by atoms with Crippen molar-refractivity contribution in [3.05, 3.63) is 10.1 Å². The Morgan fingerprint density at radius 3 is 2.44 bits per heavy atom. The lowest BCUT2D eigenvalue weighted by molar-refractivity contribution is -0.650. The topological polar surface area (TPSA) is 66.6 Å². The molecule has 5 nitrogen and oxygen atoms in total. The maximum Gasteiger partial charge on any atom is 0.159 e. The second-order valence-electron chi connectivity index (χ2n) is 1.93. The lowest BCUT2D eigenvalue weighted by atomic mass is 10.4. The van der Waals surface area contributed by atoms with Crippen molar-refractivity contribution in [2.24, 2.45) is 0 Å². The second kappa shape index (κ2) is 3.24. The molecule has 0 aliphatic carbocycles. The highest BCUT2D eigenvalue weighted by Gasteiger charge is 2.08. The molecule has 1 atom stereocenters. The Bertz CT molecular complexity index is 104. The lowest BCUT2D eigenvalue weighted by Gasteiger charge is -2.08. The summed E-state index contributed by atoms with van der Waals surface area (Å²) in [7, 11) is 1.31. The summed E-state index contributed by atoms with van der Waals surface area (Å²) in [6.07, 6.45) is -0.652. The molecular formula is C4H10N2O3. The number of hydrazine groups is 1. The van der Waals surface area contributed by atoms with E-state index in [0.717, 1.165) is 5.01 Å². The van der Waals surface area contributed by atoms with Crippen LogP contribution in [0.15, 0.2) is 0 Å². The molecule has 0 heterocycles. The summed E-state index contributed by atoms with van der Waals surface area (Å²) in [5, 5.41) is 18.8. The van der Waals surface area contributed by atoms with Crippen molar-refractivity contribution in [3.63, 3.8) is 0 Å². The van der Waals surface area contributed by atoms with Crippen molar-refractivity contribution < 1.29 is 10.1 Å². The first kappa shape index (κ1) is 8.16. The number of likely N-dealkylation sites (N-methyl/N-ethyl adjacent to an activating group) is 1. The Kier molecular flexibility index (Phi) is 2.94. The highest BCUT2D eigenvalue weighted by atomic mass is 16.7. The van der Waals surface area contributed by atoms with Crippen molar-refractivity contribution in [1.82, 2.24) is 5.01 Å². The van der Waals surface area contributed by atoms with E-state index in [4.69, 9.17) is 5.11 Å². The zero-order valence-electron chi connectivity index (χ0n) is 5.44. The van der Waals surface area contributed by atoms with Gasteiger partial charge >= 0.3 is 0 Å². The van der Waals surface area contributed by atoms with Gasteiger partial charge in [-0.25, -0.2) is 10.1 Å². The van der Waals surface area contributed by atoms with E-state index in [1.807, 2.05) is 0 Å². The van der Waals surface area contributed by atoms with Gasteiger partial charge in [-0.05, 0) is 6.92 Å². The molecule has 1 N–H and O–H groups in total. The van der Waals surface area contributed by atoms with Gasteiger partial charge in [0.2, 0.25) is 0 Å². The SMILES string of the molecule is CC(O)CN(C)[N+](=O)[O-]. The van der Waals surface area contributed by atoms with Crippen molar-refractivity contribution in [1.29, 1.82) is 0 Å². The predicted octanol–water partition coefficient (Wildman–Crippen LogP) is -0.509. The van der Waals surface area contributed by atoms with Crippen LogP contribution in [0.1, 0.15) is 6.92 Å². The van der Waals surface area contributed by atoms with Crippen LogP contribution in [0.25, 0.3) is 0 Å². The lowest BCUT2D eigenvalue weighted by Crippen LogP contribution is -2.32. The van der Waals surface area contributed by atoms with Crippen molar-refractivity contribution in [2.45, 2.75) is 13.0 Å². The van der Waals surface area contributed by atoms with Gasteiger partial charge in [-0.2, -0.15) is 0 Å². The Morgan fingerprint density at radius 1 is 1.89 bits per heavy atom. The number of aliphatic hydroxyl groups is 1. The van der Waals surface area contributed by atoms with E-state index in [1.165, 1.54) is 14.0 Å². The van der Waals surface area contributed by atoms with Crippen LogP contribution in [0.3, 0.4) is 0 Å². The number of aliphatic hydroxyl groups excluding tert-OH is 1. The zero-order chi connectivity index (χ0) is 7.44. The second-order valence-corrected chi connectivity index (χ2v) is 1.93. The number of nitrogens with zero attached hydrogens (tertiary/aromatic N) is 2. The summed E-state index contributed by atoms with van der Waals surface area (Å²) >= 11 is 0. The number of hydrogen-bond donors (Lipinski definition) is 1. The third kappa shape index (κ3) is 3.72. The molecule has 0 bridgehead atoms. The van der Waals surface area contributed by atoms with Crippen LogP contribution < -0.4 is 0 Å². The van der Waals surface area contributed by atoms with Crippen molar-refractivity contribution >= 4 is 0 Å². The molecule has 0 aromatic rings. The number of hydrogen-bond acceptors (Lipinski definition) is 3. The van der Waals surface area contributed by atoms with Crippen molar-refractivity contribution in [2.75, 3.05) is 13.6 Å². The van der Waals surface area contributed by atoms with Crippen LogP contribution in [-0.4, -0.2) is 34.8 Å². The minimum atomic E-state index is -0.652. The first-order valence-corrected chi connectivity index (χ1v) is 2.57. The molecule has 0 fully saturated rings. The molecule has 0 aromatic carbocycles. The van der Waals surface area contributed by atoms with Crippen molar-refractivity contribution in [3.8, 4) is 0 Å². The summed E-state index contributed by atoms with van der Waals surface area (Å²) < 4.78 is 0. The number of rotatable bonds is 3. The van der Waals surface area contributed by atoms with E-state index < -0.39 is 11.1 Å². The highest BCUT2D eigenvalue weighted by molar-refractivity contribution is 4.45. The highest BCUT2D eigenvalue weighted by Crippen LogP contribution is 1.85. The van der Waals surface area contributed by atoms with Gasteiger partial charge < -0.3 is 5.11 Å². The van der Waals surface area contributed by atoms with Gasteiger partial charge in [-0.1, -0.05) is 0 Å². The standard InChI is InChI=1S/C4H10N2O3/c1-4(7)3-5(2)6(8)9/h4,7H,3H2,1-2H3. The molecule has 0 amide bonds. The molecule has 0 rings (SSSR count). The molecule has 54 valence electrons. The Morgan fingerprint density at radius 2 is 2.33 bits per heavy atom.